The summed E-state index contributed by atoms with van der Waals surface area (Å²) in [6.45, 7) is 2.33. The third-order valence-electron chi connectivity index (χ3n) is 3.58. The summed E-state index contributed by atoms with van der Waals surface area (Å²) < 4.78 is 33.9. The van der Waals surface area contributed by atoms with Crippen LogP contribution in [0.4, 0.5) is 20.2 Å². The van der Waals surface area contributed by atoms with Crippen LogP contribution < -0.4 is 15.4 Å². The van der Waals surface area contributed by atoms with Crippen LogP contribution in [0.25, 0.3) is 0 Å². The van der Waals surface area contributed by atoms with E-state index in [1.54, 1.807) is 24.3 Å². The van der Waals surface area contributed by atoms with Gasteiger partial charge in [0.15, 0.2) is 6.10 Å². The first-order valence-electron chi connectivity index (χ1n) is 8.41. The summed E-state index contributed by atoms with van der Waals surface area (Å²) in [6, 6.07) is 12.4. The largest absolute Gasteiger partial charge is 0.449 e. The number of nitrogens with one attached hydrogen (secondary N) is 2. The van der Waals surface area contributed by atoms with E-state index in [9.17, 15) is 18.4 Å². The predicted octanol–water partition coefficient (Wildman–Crippen LogP) is 3.88. The SMILES string of the molecule is C=CCNC(=O)[C@H](C)OC(=O)c1ccccc1Nc1ccc(OC(F)F)cc1. The van der Waals surface area contributed by atoms with Gasteiger partial charge in [0.25, 0.3) is 5.91 Å². The first-order chi connectivity index (χ1) is 13.4. The normalized spacial score (nSPS) is 11.4. The van der Waals surface area contributed by atoms with E-state index >= 15 is 0 Å². The summed E-state index contributed by atoms with van der Waals surface area (Å²) in [4.78, 5) is 24.3. The molecule has 0 saturated carbocycles. The Morgan fingerprint density at radius 2 is 1.82 bits per heavy atom. The zero-order valence-corrected chi connectivity index (χ0v) is 15.2. The highest BCUT2D eigenvalue weighted by atomic mass is 19.3. The first-order valence-corrected chi connectivity index (χ1v) is 8.41. The number of hydrogen-bond acceptors (Lipinski definition) is 5. The number of esters is 1. The van der Waals surface area contributed by atoms with E-state index < -0.39 is 24.6 Å². The van der Waals surface area contributed by atoms with Crippen molar-refractivity contribution in [3.63, 3.8) is 0 Å². The van der Waals surface area contributed by atoms with Crippen molar-refractivity contribution in [2.24, 2.45) is 0 Å². The molecule has 148 valence electrons. The molecule has 2 aromatic rings. The highest BCUT2D eigenvalue weighted by Crippen LogP contribution is 2.24. The van der Waals surface area contributed by atoms with Crippen molar-refractivity contribution in [2.75, 3.05) is 11.9 Å². The molecule has 0 aliphatic rings. The summed E-state index contributed by atoms with van der Waals surface area (Å²) in [5, 5.41) is 5.56. The van der Waals surface area contributed by atoms with Crippen molar-refractivity contribution in [3.8, 4) is 5.75 Å². The standard InChI is InChI=1S/C20H20F2N2O4/c1-3-12-23-18(25)13(2)27-19(26)16-6-4-5-7-17(16)24-14-8-10-15(11-9-14)28-20(21)22/h3-11,13,20,24H,1,12H2,2H3,(H,23,25)/t13-/m0/s1. The van der Waals surface area contributed by atoms with Crippen molar-refractivity contribution in [1.29, 1.82) is 0 Å². The smallest absolute Gasteiger partial charge is 0.387 e. The van der Waals surface area contributed by atoms with Crippen molar-refractivity contribution < 1.29 is 27.8 Å². The van der Waals surface area contributed by atoms with Gasteiger partial charge in [-0.2, -0.15) is 8.78 Å². The monoisotopic (exact) mass is 390 g/mol. The van der Waals surface area contributed by atoms with Crippen LogP contribution in [0.15, 0.2) is 61.2 Å². The quantitative estimate of drug-likeness (QED) is 0.502. The zero-order chi connectivity index (χ0) is 20.5. The lowest BCUT2D eigenvalue weighted by molar-refractivity contribution is -0.128. The highest BCUT2D eigenvalue weighted by molar-refractivity contribution is 5.98. The Hall–Kier alpha value is -3.42. The highest BCUT2D eigenvalue weighted by Gasteiger charge is 2.20. The summed E-state index contributed by atoms with van der Waals surface area (Å²) in [5.74, 6) is -1.09. The number of amides is 1. The van der Waals surface area contributed by atoms with Crippen molar-refractivity contribution in [1.82, 2.24) is 5.32 Å². The second kappa shape index (κ2) is 10.1. The Balaban J connectivity index is 2.08. The number of halogens is 2. The molecular formula is C20H20F2N2O4. The molecule has 0 unspecified atom stereocenters. The average Bonchev–Trinajstić information content (AvgIpc) is 2.67. The molecule has 2 N–H and O–H groups in total. The predicted molar refractivity (Wildman–Crippen MR) is 101 cm³/mol. The molecule has 28 heavy (non-hydrogen) atoms. The van der Waals surface area contributed by atoms with Crippen LogP contribution in [0.5, 0.6) is 5.75 Å². The number of alkyl halides is 2. The summed E-state index contributed by atoms with van der Waals surface area (Å²) in [6.07, 6.45) is 0.537. The van der Waals surface area contributed by atoms with Gasteiger partial charge in [0.2, 0.25) is 0 Å². The van der Waals surface area contributed by atoms with Gasteiger partial charge in [-0.15, -0.1) is 6.58 Å². The van der Waals surface area contributed by atoms with Crippen molar-refractivity contribution >= 4 is 23.3 Å². The van der Waals surface area contributed by atoms with Crippen molar-refractivity contribution in [2.45, 2.75) is 19.6 Å². The summed E-state index contributed by atoms with van der Waals surface area (Å²) >= 11 is 0. The van der Waals surface area contributed by atoms with E-state index in [4.69, 9.17) is 4.74 Å². The van der Waals surface area contributed by atoms with E-state index in [0.29, 0.717) is 11.4 Å². The van der Waals surface area contributed by atoms with E-state index in [2.05, 4.69) is 21.9 Å². The number of ether oxygens (including phenoxy) is 2. The van der Waals surface area contributed by atoms with Gasteiger partial charge >= 0.3 is 12.6 Å². The minimum absolute atomic E-state index is 0.0209. The lowest BCUT2D eigenvalue weighted by atomic mass is 10.1. The van der Waals surface area contributed by atoms with E-state index in [1.807, 2.05) is 0 Å². The third kappa shape index (κ3) is 6.08. The number of para-hydroxylation sites is 1. The minimum atomic E-state index is -2.90. The Kier molecular flexibility index (Phi) is 7.50. The van der Waals surface area contributed by atoms with Gasteiger partial charge in [0, 0.05) is 12.2 Å². The van der Waals surface area contributed by atoms with Crippen LogP contribution >= 0.6 is 0 Å². The fourth-order valence-corrected chi connectivity index (χ4v) is 2.24. The number of hydrogen-bond donors (Lipinski definition) is 2. The minimum Gasteiger partial charge on any atom is -0.449 e. The molecule has 0 saturated heterocycles. The molecule has 1 atom stereocenters. The van der Waals surface area contributed by atoms with Crippen LogP contribution in [-0.2, 0) is 9.53 Å². The van der Waals surface area contributed by atoms with Crippen molar-refractivity contribution in [3.05, 3.63) is 66.7 Å². The Morgan fingerprint density at radius 3 is 2.46 bits per heavy atom. The molecule has 0 radical (unpaired) electrons. The van der Waals surface area contributed by atoms with Gasteiger partial charge in [-0.25, -0.2) is 4.79 Å². The Bertz CT molecular complexity index is 825. The van der Waals surface area contributed by atoms with E-state index in [-0.39, 0.29) is 17.9 Å². The van der Waals surface area contributed by atoms with Crippen LogP contribution in [0.1, 0.15) is 17.3 Å². The maximum atomic E-state index is 12.5. The van der Waals surface area contributed by atoms with E-state index in [0.717, 1.165) is 0 Å². The Morgan fingerprint density at radius 1 is 1.14 bits per heavy atom. The summed E-state index contributed by atoms with van der Waals surface area (Å²) in [7, 11) is 0. The van der Waals surface area contributed by atoms with Crippen LogP contribution in [0.2, 0.25) is 0 Å². The average molecular weight is 390 g/mol. The molecule has 0 heterocycles. The first kappa shape index (κ1) is 20.9. The molecule has 1 amide bonds. The molecule has 0 fully saturated rings. The molecule has 0 aliphatic carbocycles. The van der Waals surface area contributed by atoms with Gasteiger partial charge in [0.05, 0.1) is 11.3 Å². The lowest BCUT2D eigenvalue weighted by Crippen LogP contribution is -2.35. The van der Waals surface area contributed by atoms with E-state index in [1.165, 1.54) is 37.3 Å². The maximum absolute atomic E-state index is 12.5. The van der Waals surface area contributed by atoms with Crippen LogP contribution in [-0.4, -0.2) is 31.1 Å². The van der Waals surface area contributed by atoms with Gasteiger partial charge < -0.3 is 20.1 Å². The number of anilines is 2. The molecule has 0 bridgehead atoms. The number of carbonyl (C=O) groups excluding carboxylic acids is 2. The fourth-order valence-electron chi connectivity index (χ4n) is 2.24. The molecule has 0 spiro atoms. The lowest BCUT2D eigenvalue weighted by Gasteiger charge is -2.15. The topological polar surface area (TPSA) is 76.7 Å². The van der Waals surface area contributed by atoms with Gasteiger partial charge in [0.1, 0.15) is 5.75 Å². The maximum Gasteiger partial charge on any atom is 0.387 e. The second-order valence-electron chi connectivity index (χ2n) is 5.65. The van der Waals surface area contributed by atoms with Crippen LogP contribution in [0, 0.1) is 0 Å². The zero-order valence-electron chi connectivity index (χ0n) is 15.2. The molecule has 2 rings (SSSR count). The summed E-state index contributed by atoms with van der Waals surface area (Å²) in [5.41, 5.74) is 1.21. The molecule has 6 nitrogen and oxygen atoms in total. The fraction of sp³-hybridized carbons (Fsp3) is 0.200. The number of rotatable bonds is 9. The molecular weight excluding hydrogens is 370 g/mol. The molecule has 2 aromatic carbocycles. The van der Waals surface area contributed by atoms with Gasteiger partial charge in [-0.3, -0.25) is 4.79 Å². The molecule has 0 aliphatic heterocycles. The second-order valence-corrected chi connectivity index (χ2v) is 5.65. The molecule has 8 heteroatoms. The number of benzene rings is 2. The Labute approximate surface area is 161 Å². The van der Waals surface area contributed by atoms with Gasteiger partial charge in [-0.05, 0) is 43.3 Å². The number of carbonyl (C=O) groups is 2. The third-order valence-corrected chi connectivity index (χ3v) is 3.58. The van der Waals surface area contributed by atoms with Gasteiger partial charge in [-0.1, -0.05) is 18.2 Å². The van der Waals surface area contributed by atoms with Crippen LogP contribution in [0.3, 0.4) is 0 Å². The molecule has 0 aromatic heterocycles.